The summed E-state index contributed by atoms with van der Waals surface area (Å²) in [5.41, 5.74) is 7.30. The van der Waals surface area contributed by atoms with Crippen molar-refractivity contribution in [2.24, 2.45) is 0 Å². The Morgan fingerprint density at radius 3 is 2.62 bits per heavy atom. The third-order valence-electron chi connectivity index (χ3n) is 3.32. The smallest absolute Gasteiger partial charge is 0.399 e. The molecule has 0 saturated heterocycles. The highest BCUT2D eigenvalue weighted by Gasteiger charge is 2.39. The van der Waals surface area contributed by atoms with Gasteiger partial charge in [-0.3, -0.25) is 0 Å². The number of rotatable bonds is 1. The van der Waals surface area contributed by atoms with Crippen LogP contribution < -0.4 is 10.6 Å². The monoisotopic (exact) mass is 409 g/mol. The van der Waals surface area contributed by atoms with E-state index in [4.69, 9.17) is 5.73 Å². The molecule has 2 aromatic rings. The van der Waals surface area contributed by atoms with Crippen molar-refractivity contribution in [3.05, 3.63) is 33.4 Å². The van der Waals surface area contributed by atoms with Crippen LogP contribution in [0.2, 0.25) is 0 Å². The summed E-state index contributed by atoms with van der Waals surface area (Å²) in [5.74, 6) is -0.606. The fraction of sp³-hybridized carbons (Fsp3) is 0.333. The van der Waals surface area contributed by atoms with Gasteiger partial charge in [0.1, 0.15) is 0 Å². The van der Waals surface area contributed by atoms with Gasteiger partial charge in [0.2, 0.25) is 5.82 Å². The lowest BCUT2D eigenvalue weighted by Crippen LogP contribution is -2.35. The molecule has 0 spiro atoms. The van der Waals surface area contributed by atoms with Crippen molar-refractivity contribution >= 4 is 34.0 Å². The van der Waals surface area contributed by atoms with Crippen molar-refractivity contribution in [1.29, 1.82) is 0 Å². The average molecular weight is 409 g/mol. The molecule has 0 saturated carbocycles. The Morgan fingerprint density at radius 1 is 1.19 bits per heavy atom. The van der Waals surface area contributed by atoms with E-state index < -0.39 is 12.0 Å². The van der Waals surface area contributed by atoms with Crippen molar-refractivity contribution < 1.29 is 13.2 Å². The van der Waals surface area contributed by atoms with E-state index in [9.17, 15) is 13.2 Å². The molecule has 1 aliphatic rings. The number of hydrogen-bond donors (Lipinski definition) is 1. The number of alkyl halides is 3. The molecule has 2 N–H and O–H groups in total. The summed E-state index contributed by atoms with van der Waals surface area (Å²) in [6.45, 7) is 0.967. The number of nitrogen functional groups attached to an aromatic ring is 1. The number of aromatic nitrogens is 3. The fourth-order valence-electron chi connectivity index (χ4n) is 2.35. The molecule has 5 nitrogen and oxygen atoms in total. The Hall–Kier alpha value is -1.52. The highest BCUT2D eigenvalue weighted by Crippen LogP contribution is 2.32. The molecule has 0 amide bonds. The maximum absolute atomic E-state index is 12.8. The predicted octanol–water partition coefficient (Wildman–Crippen LogP) is 2.50. The summed E-state index contributed by atoms with van der Waals surface area (Å²) in [6, 6.07) is 5.47. The van der Waals surface area contributed by atoms with E-state index in [0.717, 1.165) is 13.8 Å². The lowest BCUT2D eigenvalue weighted by molar-refractivity contribution is -0.147. The highest BCUT2D eigenvalue weighted by atomic mass is 127. The van der Waals surface area contributed by atoms with Crippen LogP contribution >= 0.6 is 22.6 Å². The zero-order valence-corrected chi connectivity index (χ0v) is 12.9. The van der Waals surface area contributed by atoms with Gasteiger partial charge in [0.15, 0.2) is 5.82 Å². The topological polar surface area (TPSA) is 60.0 Å². The zero-order valence-electron chi connectivity index (χ0n) is 10.7. The summed E-state index contributed by atoms with van der Waals surface area (Å²) < 4.78 is 40.5. The number of nitrogens with zero attached hydrogens (tertiary/aromatic N) is 4. The lowest BCUT2D eigenvalue weighted by Gasteiger charge is -2.30. The summed E-state index contributed by atoms with van der Waals surface area (Å²) in [4.78, 5) is 1.98. The normalized spacial score (nSPS) is 15.1. The number of halogens is 4. The van der Waals surface area contributed by atoms with Crippen LogP contribution in [0.5, 0.6) is 0 Å². The lowest BCUT2D eigenvalue weighted by atomic mass is 10.2. The van der Waals surface area contributed by atoms with E-state index >= 15 is 0 Å². The summed E-state index contributed by atoms with van der Waals surface area (Å²) >= 11 is 2.16. The molecular formula is C12H11F3IN5. The van der Waals surface area contributed by atoms with E-state index in [2.05, 4.69) is 32.8 Å². The molecule has 0 fully saturated rings. The number of fused-ring (bicyclic) bond motifs is 1. The average Bonchev–Trinajstić information content (AvgIpc) is 2.81. The van der Waals surface area contributed by atoms with Gasteiger partial charge >= 0.3 is 6.18 Å². The van der Waals surface area contributed by atoms with Gasteiger partial charge < -0.3 is 15.2 Å². The number of anilines is 2. The van der Waals surface area contributed by atoms with E-state index in [1.807, 2.05) is 17.0 Å². The molecule has 112 valence electrons. The Labute approximate surface area is 132 Å². The first kappa shape index (κ1) is 14.4. The van der Waals surface area contributed by atoms with Crippen LogP contribution in [0.25, 0.3) is 0 Å². The van der Waals surface area contributed by atoms with Gasteiger partial charge in [-0.2, -0.15) is 13.2 Å². The van der Waals surface area contributed by atoms with Crippen LogP contribution in [0.3, 0.4) is 0 Å². The number of hydrogen-bond acceptors (Lipinski definition) is 4. The first-order valence-electron chi connectivity index (χ1n) is 6.15. The van der Waals surface area contributed by atoms with Gasteiger partial charge in [0.25, 0.3) is 0 Å². The van der Waals surface area contributed by atoms with Crippen molar-refractivity contribution in [2.45, 2.75) is 19.3 Å². The molecule has 9 heteroatoms. The minimum atomic E-state index is -4.47. The minimum Gasteiger partial charge on any atom is -0.399 e. The van der Waals surface area contributed by atoms with Gasteiger partial charge in [0.05, 0.1) is 12.2 Å². The van der Waals surface area contributed by atoms with Crippen molar-refractivity contribution in [3.63, 3.8) is 0 Å². The fourth-order valence-corrected chi connectivity index (χ4v) is 3.23. The summed E-state index contributed by atoms with van der Waals surface area (Å²) in [6.07, 6.45) is -4.47. The van der Waals surface area contributed by atoms with Gasteiger partial charge in [-0.1, -0.05) is 0 Å². The molecule has 1 aromatic heterocycles. The maximum Gasteiger partial charge on any atom is 0.451 e. The van der Waals surface area contributed by atoms with E-state index in [-0.39, 0.29) is 6.54 Å². The zero-order chi connectivity index (χ0) is 15.2. The predicted molar refractivity (Wildman–Crippen MR) is 79.6 cm³/mol. The molecule has 0 atom stereocenters. The molecule has 2 heterocycles. The minimum absolute atomic E-state index is 0.206. The van der Waals surface area contributed by atoms with Crippen molar-refractivity contribution in [1.82, 2.24) is 14.8 Å². The van der Waals surface area contributed by atoms with E-state index in [1.165, 1.54) is 0 Å². The second kappa shape index (κ2) is 5.04. The van der Waals surface area contributed by atoms with E-state index in [1.54, 1.807) is 6.07 Å². The Kier molecular flexibility index (Phi) is 3.46. The quantitative estimate of drug-likeness (QED) is 0.581. The van der Waals surface area contributed by atoms with Crippen molar-refractivity contribution in [3.8, 4) is 0 Å². The molecule has 21 heavy (non-hydrogen) atoms. The molecule has 3 rings (SSSR count). The largest absolute Gasteiger partial charge is 0.451 e. The standard InChI is InChI=1S/C12H11F3IN5/c13-12(14,15)11-19-18-10-6-20(3-4-21(10)11)9-2-1-7(17)5-8(9)16/h1-2,5H,3-4,6,17H2. The van der Waals surface area contributed by atoms with Gasteiger partial charge in [-0.25, -0.2) is 0 Å². The van der Waals surface area contributed by atoms with Crippen LogP contribution in [-0.2, 0) is 19.3 Å². The first-order valence-corrected chi connectivity index (χ1v) is 7.23. The molecule has 1 aromatic carbocycles. The Balaban J connectivity index is 1.90. The number of benzene rings is 1. The second-order valence-electron chi connectivity index (χ2n) is 4.72. The van der Waals surface area contributed by atoms with Crippen LogP contribution in [0.1, 0.15) is 11.6 Å². The molecule has 0 aliphatic carbocycles. The maximum atomic E-state index is 12.8. The van der Waals surface area contributed by atoms with Crippen LogP contribution in [-0.4, -0.2) is 21.3 Å². The molecule has 0 unspecified atom stereocenters. The second-order valence-corrected chi connectivity index (χ2v) is 5.88. The Bertz CT molecular complexity index is 682. The van der Waals surface area contributed by atoms with E-state index in [0.29, 0.717) is 24.6 Å². The van der Waals surface area contributed by atoms with Crippen molar-refractivity contribution in [2.75, 3.05) is 17.2 Å². The molecule has 1 aliphatic heterocycles. The van der Waals surface area contributed by atoms with Crippen LogP contribution in [0.15, 0.2) is 18.2 Å². The van der Waals surface area contributed by atoms with Crippen LogP contribution in [0.4, 0.5) is 24.5 Å². The SMILES string of the molecule is Nc1ccc(N2CCn3c(nnc3C(F)(F)F)C2)c(I)c1. The Morgan fingerprint density at radius 2 is 1.95 bits per heavy atom. The molecular weight excluding hydrogens is 398 g/mol. The molecule has 0 radical (unpaired) electrons. The summed E-state index contributed by atoms with van der Waals surface area (Å²) in [7, 11) is 0. The first-order chi connectivity index (χ1) is 9.86. The summed E-state index contributed by atoms with van der Waals surface area (Å²) in [5, 5.41) is 6.94. The van der Waals surface area contributed by atoms with Crippen LogP contribution in [0, 0.1) is 3.57 Å². The van der Waals surface area contributed by atoms with Gasteiger partial charge in [-0.05, 0) is 40.8 Å². The highest BCUT2D eigenvalue weighted by molar-refractivity contribution is 14.1. The van der Waals surface area contributed by atoms with Gasteiger partial charge in [0, 0.05) is 22.3 Å². The number of nitrogens with two attached hydrogens (primary N) is 1. The molecule has 0 bridgehead atoms. The third kappa shape index (κ3) is 2.65. The third-order valence-corrected chi connectivity index (χ3v) is 4.18. The van der Waals surface area contributed by atoms with Gasteiger partial charge in [-0.15, -0.1) is 10.2 Å².